The molecule has 1 atom stereocenters. The van der Waals surface area contributed by atoms with Crippen molar-refractivity contribution in [3.63, 3.8) is 0 Å². The molecule has 1 aromatic heterocycles. The van der Waals surface area contributed by atoms with Crippen LogP contribution in [0.1, 0.15) is 33.8 Å². The highest BCUT2D eigenvalue weighted by molar-refractivity contribution is 7.98. The molecule has 0 radical (unpaired) electrons. The Hall–Kier alpha value is -3.79. The van der Waals surface area contributed by atoms with Crippen molar-refractivity contribution in [1.82, 2.24) is 15.1 Å². The Balaban J connectivity index is 1.43. The molecule has 35 heavy (non-hydrogen) atoms. The first-order valence-corrected chi connectivity index (χ1v) is 12.5. The number of benzene rings is 2. The Morgan fingerprint density at radius 3 is 2.34 bits per heavy atom. The number of nitrogens with zero attached hydrogens (tertiary/aromatic N) is 2. The summed E-state index contributed by atoms with van der Waals surface area (Å²) in [7, 11) is 1.60. The van der Waals surface area contributed by atoms with E-state index in [4.69, 9.17) is 4.74 Å². The number of carbonyl (C=O) groups is 3. The second-order valence-corrected chi connectivity index (χ2v) is 9.15. The van der Waals surface area contributed by atoms with E-state index in [1.54, 1.807) is 7.05 Å². The van der Waals surface area contributed by atoms with E-state index in [1.807, 2.05) is 42.7 Å². The van der Waals surface area contributed by atoms with Crippen molar-refractivity contribution in [2.24, 2.45) is 7.05 Å². The van der Waals surface area contributed by atoms with E-state index < -0.39 is 24.0 Å². The first-order valence-electron chi connectivity index (χ1n) is 11.1. The van der Waals surface area contributed by atoms with Crippen LogP contribution in [0.15, 0.2) is 54.7 Å². The van der Waals surface area contributed by atoms with Gasteiger partial charge in [0, 0.05) is 19.2 Å². The zero-order valence-corrected chi connectivity index (χ0v) is 20.2. The highest BCUT2D eigenvalue weighted by Gasteiger charge is 2.29. The predicted molar refractivity (Wildman–Crippen MR) is 134 cm³/mol. The number of carboxylic acid groups (broad SMARTS) is 1. The molecule has 182 valence electrons. The van der Waals surface area contributed by atoms with Crippen LogP contribution in [0.2, 0.25) is 0 Å². The van der Waals surface area contributed by atoms with Crippen molar-refractivity contribution in [3.05, 3.63) is 71.4 Å². The maximum absolute atomic E-state index is 12.8. The lowest BCUT2D eigenvalue weighted by Crippen LogP contribution is -2.41. The zero-order valence-electron chi connectivity index (χ0n) is 19.4. The molecule has 2 amide bonds. The number of aliphatic carboxylic acids is 1. The number of aromatic nitrogens is 2. The first kappa shape index (κ1) is 24.3. The molecular formula is C25H26N4O5S. The average Bonchev–Trinajstić information content (AvgIpc) is 3.37. The Morgan fingerprint density at radius 2 is 1.74 bits per heavy atom. The molecule has 1 heterocycles. The van der Waals surface area contributed by atoms with Gasteiger partial charge in [-0.1, -0.05) is 48.5 Å². The number of fused-ring (bicyclic) bond motifs is 3. The Labute approximate surface area is 206 Å². The van der Waals surface area contributed by atoms with E-state index in [1.165, 1.54) is 22.6 Å². The van der Waals surface area contributed by atoms with Gasteiger partial charge in [-0.2, -0.15) is 16.9 Å². The molecule has 0 unspecified atom stereocenters. The summed E-state index contributed by atoms with van der Waals surface area (Å²) < 4.78 is 6.90. The lowest BCUT2D eigenvalue weighted by atomic mass is 9.98. The van der Waals surface area contributed by atoms with Crippen LogP contribution in [0.3, 0.4) is 0 Å². The molecule has 1 aliphatic rings. The van der Waals surface area contributed by atoms with Crippen molar-refractivity contribution in [2.45, 2.75) is 18.4 Å². The molecule has 0 bridgehead atoms. The minimum absolute atomic E-state index is 0.00349. The molecule has 2 aromatic carbocycles. The largest absolute Gasteiger partial charge is 0.480 e. The molecule has 3 N–H and O–H groups in total. The van der Waals surface area contributed by atoms with Gasteiger partial charge >= 0.3 is 12.1 Å². The van der Waals surface area contributed by atoms with E-state index in [9.17, 15) is 19.5 Å². The number of hydrogen-bond acceptors (Lipinski definition) is 6. The van der Waals surface area contributed by atoms with Crippen LogP contribution in [0.4, 0.5) is 10.6 Å². The van der Waals surface area contributed by atoms with E-state index in [0.29, 0.717) is 5.75 Å². The van der Waals surface area contributed by atoms with Crippen molar-refractivity contribution in [3.8, 4) is 11.1 Å². The third-order valence-corrected chi connectivity index (χ3v) is 6.50. The summed E-state index contributed by atoms with van der Waals surface area (Å²) >= 11 is 1.49. The second kappa shape index (κ2) is 10.6. The zero-order chi connectivity index (χ0) is 24.9. The molecule has 0 saturated carbocycles. The summed E-state index contributed by atoms with van der Waals surface area (Å²) in [5.41, 5.74) is 4.47. The first-order chi connectivity index (χ1) is 16.9. The van der Waals surface area contributed by atoms with Gasteiger partial charge in [-0.15, -0.1) is 0 Å². The maximum atomic E-state index is 12.8. The third-order valence-electron chi connectivity index (χ3n) is 5.85. The maximum Gasteiger partial charge on any atom is 0.412 e. The fourth-order valence-corrected chi connectivity index (χ4v) is 4.68. The average molecular weight is 495 g/mol. The lowest BCUT2D eigenvalue weighted by Gasteiger charge is -2.15. The van der Waals surface area contributed by atoms with Crippen molar-refractivity contribution in [1.29, 1.82) is 0 Å². The van der Waals surface area contributed by atoms with Gasteiger partial charge in [0.1, 0.15) is 18.2 Å². The van der Waals surface area contributed by atoms with Crippen molar-refractivity contribution in [2.75, 3.05) is 23.9 Å². The van der Waals surface area contributed by atoms with Crippen molar-refractivity contribution >= 4 is 35.5 Å². The molecule has 1 aliphatic carbocycles. The fraction of sp³-hybridized carbons (Fsp3) is 0.280. The predicted octanol–water partition coefficient (Wildman–Crippen LogP) is 3.72. The minimum atomic E-state index is -1.12. The third kappa shape index (κ3) is 5.32. The highest BCUT2D eigenvalue weighted by Crippen LogP contribution is 2.44. The van der Waals surface area contributed by atoms with E-state index >= 15 is 0 Å². The van der Waals surface area contributed by atoms with Gasteiger partial charge in [0.25, 0.3) is 5.91 Å². The number of anilines is 1. The van der Waals surface area contributed by atoms with Gasteiger partial charge in [0.2, 0.25) is 0 Å². The number of ether oxygens (including phenoxy) is 1. The van der Waals surface area contributed by atoms with Crippen LogP contribution in [-0.4, -0.2) is 57.5 Å². The SMILES string of the molecule is CSCC[C@@H](NC(=O)c1cn(C)nc1NC(=O)OCC1c2ccccc2-c2ccccc21)C(=O)O. The Kier molecular flexibility index (Phi) is 7.40. The van der Waals surface area contributed by atoms with Crippen LogP contribution >= 0.6 is 11.8 Å². The van der Waals surface area contributed by atoms with Gasteiger partial charge in [0.05, 0.1) is 0 Å². The van der Waals surface area contributed by atoms with Gasteiger partial charge in [-0.3, -0.25) is 14.8 Å². The number of carboxylic acids is 1. The number of rotatable bonds is 9. The minimum Gasteiger partial charge on any atom is -0.480 e. The summed E-state index contributed by atoms with van der Waals surface area (Å²) in [5, 5.41) is 18.5. The number of nitrogens with one attached hydrogen (secondary N) is 2. The highest BCUT2D eigenvalue weighted by atomic mass is 32.2. The van der Waals surface area contributed by atoms with E-state index in [-0.39, 0.29) is 30.3 Å². The number of amides is 2. The fourth-order valence-electron chi connectivity index (χ4n) is 4.21. The van der Waals surface area contributed by atoms with Gasteiger partial charge < -0.3 is 15.2 Å². The molecule has 0 fully saturated rings. The van der Waals surface area contributed by atoms with Crippen LogP contribution in [0.5, 0.6) is 0 Å². The Bertz CT molecular complexity index is 1210. The second-order valence-electron chi connectivity index (χ2n) is 8.16. The summed E-state index contributed by atoms with van der Waals surface area (Å²) in [4.78, 5) is 36.9. The van der Waals surface area contributed by atoms with Crippen molar-refractivity contribution < 1.29 is 24.2 Å². The normalized spacial score (nSPS) is 13.0. The number of thioether (sulfide) groups is 1. The van der Waals surface area contributed by atoms with Crippen LogP contribution in [0, 0.1) is 0 Å². The summed E-state index contributed by atoms with van der Waals surface area (Å²) in [6.45, 7) is 0.115. The van der Waals surface area contributed by atoms with Crippen LogP contribution in [-0.2, 0) is 16.6 Å². The molecule has 10 heteroatoms. The molecule has 9 nitrogen and oxygen atoms in total. The molecule has 0 aliphatic heterocycles. The molecule has 0 spiro atoms. The monoisotopic (exact) mass is 494 g/mol. The molecule has 4 rings (SSSR count). The van der Waals surface area contributed by atoms with Crippen LogP contribution < -0.4 is 10.6 Å². The van der Waals surface area contributed by atoms with E-state index in [2.05, 4.69) is 27.9 Å². The summed E-state index contributed by atoms with van der Waals surface area (Å²) in [6, 6.07) is 15.0. The molecule has 3 aromatic rings. The standard InChI is InChI=1S/C25H26N4O5S/c1-29-13-19(23(30)26-21(24(31)32)11-12-35-2)22(28-29)27-25(33)34-14-20-17-9-5-3-7-15(17)16-8-4-6-10-18(16)20/h3-10,13,20-21H,11-12,14H2,1-2H3,(H,26,30)(H,31,32)(H,27,28,33)/t21-/m1/s1. The van der Waals surface area contributed by atoms with E-state index in [0.717, 1.165) is 22.3 Å². The number of hydrogen-bond donors (Lipinski definition) is 3. The Morgan fingerprint density at radius 1 is 1.11 bits per heavy atom. The number of aryl methyl sites for hydroxylation is 1. The quantitative estimate of drug-likeness (QED) is 0.414. The van der Waals surface area contributed by atoms with Gasteiger partial charge in [-0.25, -0.2) is 9.59 Å². The number of carbonyl (C=O) groups excluding carboxylic acids is 2. The van der Waals surface area contributed by atoms with Gasteiger partial charge in [0.15, 0.2) is 5.82 Å². The smallest absolute Gasteiger partial charge is 0.412 e. The summed E-state index contributed by atoms with van der Waals surface area (Å²) in [5.74, 6) is -1.29. The topological polar surface area (TPSA) is 123 Å². The molecular weight excluding hydrogens is 468 g/mol. The van der Waals surface area contributed by atoms with Crippen LogP contribution in [0.25, 0.3) is 11.1 Å². The van der Waals surface area contributed by atoms with Gasteiger partial charge in [-0.05, 0) is 40.7 Å². The molecule has 0 saturated heterocycles. The summed E-state index contributed by atoms with van der Waals surface area (Å²) in [6.07, 6.45) is 2.80. The lowest BCUT2D eigenvalue weighted by molar-refractivity contribution is -0.139.